The van der Waals surface area contributed by atoms with Crippen molar-refractivity contribution in [1.29, 1.82) is 0 Å². The number of hydrogen-bond donors (Lipinski definition) is 0. The number of ether oxygens (including phenoxy) is 2. The van der Waals surface area contributed by atoms with Crippen molar-refractivity contribution in [3.8, 4) is 5.75 Å². The lowest BCUT2D eigenvalue weighted by atomic mass is 10.2. The first-order valence-electron chi connectivity index (χ1n) is 6.41. The number of methoxy groups -OCH3 is 1. The van der Waals surface area contributed by atoms with Crippen LogP contribution in [-0.2, 0) is 16.1 Å². The molecule has 21 heavy (non-hydrogen) atoms. The van der Waals surface area contributed by atoms with Gasteiger partial charge in [0.1, 0.15) is 12.4 Å². The lowest BCUT2D eigenvalue weighted by molar-refractivity contribution is -0.134. The fourth-order valence-corrected chi connectivity index (χ4v) is 2.12. The van der Waals surface area contributed by atoms with Gasteiger partial charge in [-0.15, -0.1) is 0 Å². The number of halogens is 1. The van der Waals surface area contributed by atoms with Gasteiger partial charge in [0.2, 0.25) is 0 Å². The molecule has 0 amide bonds. The average Bonchev–Trinajstić information content (AvgIpc) is 2.52. The van der Waals surface area contributed by atoms with Crippen LogP contribution in [0.15, 0.2) is 59.1 Å². The van der Waals surface area contributed by atoms with Crippen molar-refractivity contribution in [2.24, 2.45) is 0 Å². The van der Waals surface area contributed by atoms with E-state index in [0.29, 0.717) is 12.4 Å². The second-order valence-corrected chi connectivity index (χ2v) is 5.23. The molecular weight excluding hydrogens is 332 g/mol. The highest BCUT2D eigenvalue weighted by atomic mass is 79.9. The Morgan fingerprint density at radius 2 is 1.95 bits per heavy atom. The van der Waals surface area contributed by atoms with E-state index in [4.69, 9.17) is 4.74 Å². The molecule has 0 aliphatic rings. The number of benzene rings is 2. The molecule has 0 radical (unpaired) electrons. The predicted octanol–water partition coefficient (Wildman–Crippen LogP) is 4.21. The maximum atomic E-state index is 11.2. The molecule has 0 N–H and O–H groups in total. The third-order valence-corrected chi connectivity index (χ3v) is 3.30. The number of carbonyl (C=O) groups is 1. The van der Waals surface area contributed by atoms with Gasteiger partial charge in [-0.2, -0.15) is 0 Å². The van der Waals surface area contributed by atoms with E-state index in [9.17, 15) is 4.79 Å². The lowest BCUT2D eigenvalue weighted by Gasteiger charge is -2.10. The van der Waals surface area contributed by atoms with E-state index < -0.39 is 5.97 Å². The molecule has 2 rings (SSSR count). The summed E-state index contributed by atoms with van der Waals surface area (Å²) in [5.41, 5.74) is 1.90. The van der Waals surface area contributed by atoms with Crippen molar-refractivity contribution in [1.82, 2.24) is 0 Å². The summed E-state index contributed by atoms with van der Waals surface area (Å²) in [6, 6.07) is 15.6. The van der Waals surface area contributed by atoms with Crippen LogP contribution in [0.5, 0.6) is 5.75 Å². The Balaban J connectivity index is 2.15. The van der Waals surface area contributed by atoms with E-state index in [2.05, 4.69) is 20.7 Å². The molecule has 2 aromatic carbocycles. The molecule has 0 saturated heterocycles. The molecule has 0 bridgehead atoms. The van der Waals surface area contributed by atoms with Crippen LogP contribution in [-0.4, -0.2) is 13.1 Å². The molecule has 0 heterocycles. The fourth-order valence-electron chi connectivity index (χ4n) is 1.74. The minimum absolute atomic E-state index is 0.399. The number of rotatable bonds is 5. The molecular formula is C17H15BrO3. The van der Waals surface area contributed by atoms with Crippen LogP contribution in [0.2, 0.25) is 0 Å². The normalized spacial score (nSPS) is 10.6. The Morgan fingerprint density at radius 1 is 1.19 bits per heavy atom. The van der Waals surface area contributed by atoms with Crippen LogP contribution in [0.4, 0.5) is 0 Å². The molecule has 0 unspecified atom stereocenters. The van der Waals surface area contributed by atoms with Crippen molar-refractivity contribution < 1.29 is 14.3 Å². The first kappa shape index (κ1) is 15.3. The molecule has 0 atom stereocenters. The molecule has 0 aliphatic heterocycles. The Bertz CT molecular complexity index is 636. The average molecular weight is 347 g/mol. The van der Waals surface area contributed by atoms with Gasteiger partial charge < -0.3 is 9.47 Å². The highest BCUT2D eigenvalue weighted by Crippen LogP contribution is 2.25. The summed E-state index contributed by atoms with van der Waals surface area (Å²) in [7, 11) is 1.35. The van der Waals surface area contributed by atoms with Crippen molar-refractivity contribution in [2.45, 2.75) is 6.61 Å². The third-order valence-electron chi connectivity index (χ3n) is 2.81. The summed E-state index contributed by atoms with van der Waals surface area (Å²) < 4.78 is 11.3. The quantitative estimate of drug-likeness (QED) is 0.600. The first-order valence-corrected chi connectivity index (χ1v) is 7.20. The summed E-state index contributed by atoms with van der Waals surface area (Å²) in [5, 5.41) is 0. The largest absolute Gasteiger partial charge is 0.488 e. The lowest BCUT2D eigenvalue weighted by Crippen LogP contribution is -1.97. The van der Waals surface area contributed by atoms with Gasteiger partial charge in [-0.3, -0.25) is 0 Å². The zero-order valence-corrected chi connectivity index (χ0v) is 13.2. The standard InChI is InChI=1S/C17H15BrO3/c1-20-17(19)10-7-14-11-15(18)8-9-16(14)21-12-13-5-3-2-4-6-13/h2-11H,12H2,1H3/b10-7+. The summed E-state index contributed by atoms with van der Waals surface area (Å²) in [6.07, 6.45) is 3.05. The van der Waals surface area contributed by atoms with Gasteiger partial charge in [0.05, 0.1) is 7.11 Å². The fraction of sp³-hybridized carbons (Fsp3) is 0.118. The van der Waals surface area contributed by atoms with Gasteiger partial charge in [-0.25, -0.2) is 4.79 Å². The molecule has 3 nitrogen and oxygen atoms in total. The maximum Gasteiger partial charge on any atom is 0.330 e. The van der Waals surface area contributed by atoms with Crippen LogP contribution in [0.3, 0.4) is 0 Å². The Hall–Kier alpha value is -2.07. The number of hydrogen-bond acceptors (Lipinski definition) is 3. The van der Waals surface area contributed by atoms with E-state index in [1.165, 1.54) is 13.2 Å². The molecule has 4 heteroatoms. The van der Waals surface area contributed by atoms with Gasteiger partial charge in [-0.1, -0.05) is 46.3 Å². The van der Waals surface area contributed by atoms with E-state index in [1.807, 2.05) is 48.5 Å². The van der Waals surface area contributed by atoms with Crippen molar-refractivity contribution in [3.63, 3.8) is 0 Å². The summed E-state index contributed by atoms with van der Waals surface area (Å²) >= 11 is 3.41. The maximum absolute atomic E-state index is 11.2. The van der Waals surface area contributed by atoms with Crippen molar-refractivity contribution in [2.75, 3.05) is 7.11 Å². The minimum atomic E-state index is -0.399. The van der Waals surface area contributed by atoms with Crippen LogP contribution in [0, 0.1) is 0 Å². The zero-order chi connectivity index (χ0) is 15.1. The highest BCUT2D eigenvalue weighted by Gasteiger charge is 2.04. The molecule has 0 saturated carbocycles. The van der Waals surface area contributed by atoms with E-state index in [1.54, 1.807) is 6.08 Å². The minimum Gasteiger partial charge on any atom is -0.488 e. The summed E-state index contributed by atoms with van der Waals surface area (Å²) in [5.74, 6) is 0.311. The molecule has 108 valence electrons. The van der Waals surface area contributed by atoms with E-state index in [-0.39, 0.29) is 0 Å². The first-order chi connectivity index (χ1) is 10.2. The molecule has 0 fully saturated rings. The summed E-state index contributed by atoms with van der Waals surface area (Å²) in [4.78, 5) is 11.2. The molecule has 0 aliphatic carbocycles. The smallest absolute Gasteiger partial charge is 0.330 e. The predicted molar refractivity (Wildman–Crippen MR) is 86.0 cm³/mol. The SMILES string of the molecule is COC(=O)/C=C/c1cc(Br)ccc1OCc1ccccc1. The topological polar surface area (TPSA) is 35.5 Å². The summed E-state index contributed by atoms with van der Waals surface area (Å²) in [6.45, 7) is 0.474. The Kier molecular flexibility index (Phi) is 5.58. The van der Waals surface area contributed by atoms with Crippen LogP contribution >= 0.6 is 15.9 Å². The molecule has 0 spiro atoms. The second kappa shape index (κ2) is 7.64. The van der Waals surface area contributed by atoms with Gasteiger partial charge in [0.25, 0.3) is 0 Å². The van der Waals surface area contributed by atoms with E-state index >= 15 is 0 Å². The van der Waals surface area contributed by atoms with Gasteiger partial charge in [-0.05, 0) is 29.8 Å². The van der Waals surface area contributed by atoms with Gasteiger partial charge >= 0.3 is 5.97 Å². The molecule has 0 aromatic heterocycles. The monoisotopic (exact) mass is 346 g/mol. The third kappa shape index (κ3) is 4.76. The van der Waals surface area contributed by atoms with Crippen LogP contribution in [0.25, 0.3) is 6.08 Å². The van der Waals surface area contributed by atoms with Gasteiger partial charge in [0.15, 0.2) is 0 Å². The Morgan fingerprint density at radius 3 is 2.67 bits per heavy atom. The number of esters is 1. The van der Waals surface area contributed by atoms with Gasteiger partial charge in [0, 0.05) is 16.1 Å². The van der Waals surface area contributed by atoms with Crippen LogP contribution in [0.1, 0.15) is 11.1 Å². The number of carbonyl (C=O) groups excluding carboxylic acids is 1. The second-order valence-electron chi connectivity index (χ2n) is 4.31. The highest BCUT2D eigenvalue weighted by molar-refractivity contribution is 9.10. The molecule has 2 aromatic rings. The van der Waals surface area contributed by atoms with E-state index in [0.717, 1.165) is 15.6 Å². The van der Waals surface area contributed by atoms with Crippen molar-refractivity contribution in [3.05, 3.63) is 70.2 Å². The zero-order valence-electron chi connectivity index (χ0n) is 11.6. The van der Waals surface area contributed by atoms with Crippen molar-refractivity contribution >= 4 is 28.0 Å². The van der Waals surface area contributed by atoms with Crippen LogP contribution < -0.4 is 4.74 Å². The Labute approximate surface area is 132 Å².